The molecule has 2 aromatic carbocycles. The van der Waals surface area contributed by atoms with Gasteiger partial charge in [-0.2, -0.15) is 0 Å². The molecule has 2 N–H and O–H groups in total. The monoisotopic (exact) mass is 271 g/mol. The van der Waals surface area contributed by atoms with E-state index < -0.39 is 5.97 Å². The van der Waals surface area contributed by atoms with Crippen LogP contribution in [0.3, 0.4) is 0 Å². The summed E-state index contributed by atoms with van der Waals surface area (Å²) < 4.78 is 0. The third-order valence-corrected chi connectivity index (χ3v) is 3.12. The van der Waals surface area contributed by atoms with Gasteiger partial charge < -0.3 is 10.4 Å². The summed E-state index contributed by atoms with van der Waals surface area (Å²) in [5, 5.41) is 13.5. The van der Waals surface area contributed by atoms with Gasteiger partial charge in [0, 0.05) is 13.0 Å². The summed E-state index contributed by atoms with van der Waals surface area (Å²) in [4.78, 5) is 22.2. The van der Waals surface area contributed by atoms with Crippen LogP contribution in [0.5, 0.6) is 0 Å². The first-order valence-electron chi connectivity index (χ1n) is 6.62. The molecule has 0 aliphatic rings. The first-order chi connectivity index (χ1) is 9.66. The van der Waals surface area contributed by atoms with Gasteiger partial charge in [-0.15, -0.1) is 0 Å². The van der Waals surface area contributed by atoms with E-state index in [1.165, 1.54) is 0 Å². The molecule has 0 atom stereocenters. The Morgan fingerprint density at radius 3 is 2.60 bits per heavy atom. The molecule has 0 aliphatic carbocycles. The van der Waals surface area contributed by atoms with Gasteiger partial charge in [-0.1, -0.05) is 42.5 Å². The maximum atomic E-state index is 11.8. The number of benzene rings is 2. The topological polar surface area (TPSA) is 66.4 Å². The predicted octanol–water partition coefficient (Wildman–Crippen LogP) is 2.36. The molecular formula is C16H17NO3. The number of nitrogens with one attached hydrogen (secondary N) is 1. The highest BCUT2D eigenvalue weighted by Crippen LogP contribution is 2.18. The third kappa shape index (κ3) is 3.82. The molecule has 0 unspecified atom stereocenters. The first-order valence-corrected chi connectivity index (χ1v) is 6.62. The number of carboxylic acids is 1. The fraction of sp³-hybridized carbons (Fsp3) is 0.250. The van der Waals surface area contributed by atoms with E-state index in [9.17, 15) is 9.59 Å². The van der Waals surface area contributed by atoms with E-state index in [4.69, 9.17) is 5.11 Å². The maximum Gasteiger partial charge on any atom is 0.303 e. The summed E-state index contributed by atoms with van der Waals surface area (Å²) in [6.45, 7) is 0.399. The van der Waals surface area contributed by atoms with E-state index in [1.807, 2.05) is 42.5 Å². The van der Waals surface area contributed by atoms with Crippen molar-refractivity contribution < 1.29 is 14.7 Å². The standard InChI is InChI=1S/C16H17NO3/c18-15(17-10-4-9-16(19)20)11-13-7-3-6-12-5-1-2-8-14(12)13/h1-3,5-8H,4,9-11H2,(H,17,18)(H,19,20). The van der Waals surface area contributed by atoms with Crippen LogP contribution in [0.1, 0.15) is 18.4 Å². The van der Waals surface area contributed by atoms with Crippen LogP contribution in [0.15, 0.2) is 42.5 Å². The van der Waals surface area contributed by atoms with Gasteiger partial charge in [-0.05, 0) is 22.8 Å². The lowest BCUT2D eigenvalue weighted by molar-refractivity contribution is -0.137. The fourth-order valence-corrected chi connectivity index (χ4v) is 2.15. The quantitative estimate of drug-likeness (QED) is 0.793. The van der Waals surface area contributed by atoms with Crippen molar-refractivity contribution >= 4 is 22.6 Å². The highest BCUT2D eigenvalue weighted by atomic mass is 16.4. The molecular weight excluding hydrogens is 254 g/mol. The van der Waals surface area contributed by atoms with Crippen molar-refractivity contribution in [3.05, 3.63) is 48.0 Å². The van der Waals surface area contributed by atoms with Gasteiger partial charge in [-0.3, -0.25) is 9.59 Å². The predicted molar refractivity (Wildman–Crippen MR) is 77.5 cm³/mol. The van der Waals surface area contributed by atoms with Crippen LogP contribution in [0.4, 0.5) is 0 Å². The summed E-state index contributed by atoms with van der Waals surface area (Å²) in [6.07, 6.45) is 0.847. The Balaban J connectivity index is 1.94. The highest BCUT2D eigenvalue weighted by Gasteiger charge is 2.06. The minimum absolute atomic E-state index is 0.0771. The minimum Gasteiger partial charge on any atom is -0.481 e. The molecule has 2 aromatic rings. The Morgan fingerprint density at radius 2 is 1.80 bits per heavy atom. The first kappa shape index (κ1) is 14.1. The second kappa shape index (κ2) is 6.70. The lowest BCUT2D eigenvalue weighted by Crippen LogP contribution is -2.26. The number of carbonyl (C=O) groups excluding carboxylic acids is 1. The van der Waals surface area contributed by atoms with Crippen LogP contribution in [0.25, 0.3) is 10.8 Å². The van der Waals surface area contributed by atoms with Crippen LogP contribution in [0, 0.1) is 0 Å². The Morgan fingerprint density at radius 1 is 1.05 bits per heavy atom. The molecule has 2 rings (SSSR count). The molecule has 1 amide bonds. The van der Waals surface area contributed by atoms with Crippen LogP contribution < -0.4 is 5.32 Å². The van der Waals surface area contributed by atoms with Crippen molar-refractivity contribution in [2.45, 2.75) is 19.3 Å². The number of fused-ring (bicyclic) bond motifs is 1. The largest absolute Gasteiger partial charge is 0.481 e. The van der Waals surface area contributed by atoms with E-state index in [2.05, 4.69) is 5.32 Å². The van der Waals surface area contributed by atoms with E-state index >= 15 is 0 Å². The number of aliphatic carboxylic acids is 1. The molecule has 0 aromatic heterocycles. The smallest absolute Gasteiger partial charge is 0.303 e. The molecule has 4 nitrogen and oxygen atoms in total. The van der Waals surface area contributed by atoms with Crippen molar-refractivity contribution in [3.8, 4) is 0 Å². The molecule has 0 heterocycles. The number of carboxylic acid groups (broad SMARTS) is 1. The van der Waals surface area contributed by atoms with Gasteiger partial charge in [0.05, 0.1) is 6.42 Å². The Hall–Kier alpha value is -2.36. The molecule has 20 heavy (non-hydrogen) atoms. The molecule has 0 saturated carbocycles. The van der Waals surface area contributed by atoms with Gasteiger partial charge in [0.25, 0.3) is 0 Å². The Kier molecular flexibility index (Phi) is 4.71. The van der Waals surface area contributed by atoms with Crippen LogP contribution in [0.2, 0.25) is 0 Å². The highest BCUT2D eigenvalue weighted by molar-refractivity contribution is 5.90. The van der Waals surface area contributed by atoms with Crippen molar-refractivity contribution in [1.29, 1.82) is 0 Å². The minimum atomic E-state index is -0.840. The van der Waals surface area contributed by atoms with Gasteiger partial charge >= 0.3 is 5.97 Å². The zero-order chi connectivity index (χ0) is 14.4. The maximum absolute atomic E-state index is 11.8. The van der Waals surface area contributed by atoms with E-state index in [0.29, 0.717) is 19.4 Å². The number of rotatable bonds is 6. The molecule has 104 valence electrons. The average molecular weight is 271 g/mol. The summed E-state index contributed by atoms with van der Waals surface area (Å²) in [5.41, 5.74) is 0.985. The molecule has 0 spiro atoms. The van der Waals surface area contributed by atoms with Crippen molar-refractivity contribution in [2.75, 3.05) is 6.54 Å². The molecule has 0 fully saturated rings. The zero-order valence-corrected chi connectivity index (χ0v) is 11.1. The van der Waals surface area contributed by atoms with Crippen LogP contribution >= 0.6 is 0 Å². The van der Waals surface area contributed by atoms with Crippen molar-refractivity contribution in [2.24, 2.45) is 0 Å². The van der Waals surface area contributed by atoms with E-state index in [0.717, 1.165) is 16.3 Å². The SMILES string of the molecule is O=C(O)CCCNC(=O)Cc1cccc2ccccc12. The van der Waals surface area contributed by atoms with Crippen LogP contribution in [-0.4, -0.2) is 23.5 Å². The van der Waals surface area contributed by atoms with Gasteiger partial charge in [-0.25, -0.2) is 0 Å². The summed E-state index contributed by atoms with van der Waals surface area (Å²) in [5.74, 6) is -0.917. The second-order valence-electron chi connectivity index (χ2n) is 4.66. The second-order valence-corrected chi connectivity index (χ2v) is 4.66. The normalized spacial score (nSPS) is 10.4. The molecule has 0 aliphatic heterocycles. The average Bonchev–Trinajstić information content (AvgIpc) is 2.44. The third-order valence-electron chi connectivity index (χ3n) is 3.12. The van der Waals surface area contributed by atoms with Gasteiger partial charge in [0.1, 0.15) is 0 Å². The molecule has 0 radical (unpaired) electrons. The van der Waals surface area contributed by atoms with Crippen LogP contribution in [-0.2, 0) is 16.0 Å². The van der Waals surface area contributed by atoms with Crippen molar-refractivity contribution in [1.82, 2.24) is 5.32 Å². The molecule has 0 bridgehead atoms. The molecule has 0 saturated heterocycles. The Bertz CT molecular complexity index is 617. The zero-order valence-electron chi connectivity index (χ0n) is 11.1. The number of amides is 1. The van der Waals surface area contributed by atoms with Gasteiger partial charge in [0.15, 0.2) is 0 Å². The number of hydrogen-bond acceptors (Lipinski definition) is 2. The summed E-state index contributed by atoms with van der Waals surface area (Å²) in [6, 6.07) is 13.8. The van der Waals surface area contributed by atoms with Crippen molar-refractivity contribution in [3.63, 3.8) is 0 Å². The summed E-state index contributed by atoms with van der Waals surface area (Å²) >= 11 is 0. The number of hydrogen-bond donors (Lipinski definition) is 2. The molecule has 4 heteroatoms. The van der Waals surface area contributed by atoms with E-state index in [-0.39, 0.29) is 12.3 Å². The van der Waals surface area contributed by atoms with Gasteiger partial charge in [0.2, 0.25) is 5.91 Å². The van der Waals surface area contributed by atoms with E-state index in [1.54, 1.807) is 0 Å². The summed E-state index contributed by atoms with van der Waals surface area (Å²) in [7, 11) is 0. The lowest BCUT2D eigenvalue weighted by Gasteiger charge is -2.07. The Labute approximate surface area is 117 Å². The number of carbonyl (C=O) groups is 2. The fourth-order valence-electron chi connectivity index (χ4n) is 2.15. The lowest BCUT2D eigenvalue weighted by atomic mass is 10.0.